The third-order valence-corrected chi connectivity index (χ3v) is 10.3. The molecule has 29 heteroatoms. The maximum absolute atomic E-state index is 12.5. The number of aromatic carboxylic acids is 2. The lowest BCUT2D eigenvalue weighted by molar-refractivity contribution is -0.766. The second-order valence-electron chi connectivity index (χ2n) is 10.7. The van der Waals surface area contributed by atoms with Crippen LogP contribution < -0.4 is 15.2 Å². The first kappa shape index (κ1) is 38.8. The molecule has 2 aliphatic heterocycles. The van der Waals surface area contributed by atoms with E-state index in [1.165, 1.54) is 0 Å². The Morgan fingerprint density at radius 3 is 2.14 bits per heavy atom. The highest BCUT2D eigenvalue weighted by atomic mass is 31.3. The molecule has 3 aromatic rings. The molecule has 0 radical (unpaired) electrons. The van der Waals surface area contributed by atoms with Crippen molar-refractivity contribution in [3.63, 3.8) is 0 Å². The topological polar surface area (TPSA) is 399 Å². The molecule has 10 atom stereocenters. The summed E-state index contributed by atoms with van der Waals surface area (Å²) in [6.45, 7) is -2.32. The summed E-state index contributed by atoms with van der Waals surface area (Å²) in [6.07, 6.45) is -10.6. The summed E-state index contributed by atoms with van der Waals surface area (Å²) in [5.41, 5.74) is 4.66. The van der Waals surface area contributed by atoms with E-state index in [1.807, 2.05) is 0 Å². The van der Waals surface area contributed by atoms with Gasteiger partial charge in [0, 0.05) is 0 Å². The fourth-order valence-corrected chi connectivity index (χ4v) is 7.61. The first-order chi connectivity index (χ1) is 23.7. The van der Waals surface area contributed by atoms with Gasteiger partial charge in [-0.2, -0.15) is 4.57 Å². The minimum Gasteiger partial charge on any atom is -0.756 e. The molecule has 0 aliphatic carbocycles. The number of aromatic nitrogens is 5. The lowest BCUT2D eigenvalue weighted by Crippen LogP contribution is -2.47. The van der Waals surface area contributed by atoms with Crippen LogP contribution >= 0.6 is 23.5 Å². The van der Waals surface area contributed by atoms with Gasteiger partial charge >= 0.3 is 27.6 Å². The molecule has 2 saturated heterocycles. The van der Waals surface area contributed by atoms with Crippen LogP contribution in [0.4, 0.5) is 5.82 Å². The molecular weight excluding hydrogens is 761 g/mol. The molecule has 0 amide bonds. The number of fused-ring (bicyclic) bond motifs is 1. The van der Waals surface area contributed by atoms with E-state index in [1.54, 1.807) is 0 Å². The maximum atomic E-state index is 12.5. The van der Waals surface area contributed by atoms with Crippen molar-refractivity contribution >= 4 is 52.4 Å². The van der Waals surface area contributed by atoms with E-state index in [0.29, 0.717) is 0 Å². The summed E-state index contributed by atoms with van der Waals surface area (Å²) in [4.78, 5) is 75.8. The van der Waals surface area contributed by atoms with Gasteiger partial charge in [0.15, 0.2) is 36.2 Å². The lowest BCUT2D eigenvalue weighted by atomic mass is 10.1. The molecule has 2 unspecified atom stereocenters. The molecule has 5 rings (SSSR count). The summed E-state index contributed by atoms with van der Waals surface area (Å²) in [5.74, 6) is -3.18. The predicted molar refractivity (Wildman–Crippen MR) is 153 cm³/mol. The Labute approximate surface area is 282 Å². The van der Waals surface area contributed by atoms with Crippen LogP contribution in [0, 0.1) is 0 Å². The molecular formula is C22H27N6O20P3. The Morgan fingerprint density at radius 2 is 1.53 bits per heavy atom. The van der Waals surface area contributed by atoms with Crippen molar-refractivity contribution < 1.29 is 100 Å². The van der Waals surface area contributed by atoms with Gasteiger partial charge < -0.3 is 64.8 Å². The molecule has 0 saturated carbocycles. The second kappa shape index (κ2) is 14.6. The average molecular weight is 788 g/mol. The Kier molecular flexibility index (Phi) is 11.1. The second-order valence-corrected chi connectivity index (χ2v) is 14.9. The first-order valence-electron chi connectivity index (χ1n) is 13.8. The molecule has 0 aromatic carbocycles. The number of phosphoric acid groups is 3. The number of nitrogen functional groups attached to an aromatic ring is 1. The smallest absolute Gasteiger partial charge is 0.478 e. The van der Waals surface area contributed by atoms with Crippen LogP contribution in [0.2, 0.25) is 0 Å². The number of ether oxygens (including phenoxy) is 2. The summed E-state index contributed by atoms with van der Waals surface area (Å²) >= 11 is 0. The molecule has 2 fully saturated rings. The van der Waals surface area contributed by atoms with E-state index in [9.17, 15) is 68.4 Å². The molecule has 26 nitrogen and oxygen atoms in total. The lowest BCUT2D eigenvalue weighted by Gasteiger charge is -2.26. The van der Waals surface area contributed by atoms with Gasteiger partial charge in [-0.15, -0.1) is 0 Å². The molecule has 2 aliphatic rings. The molecule has 51 heavy (non-hydrogen) atoms. The number of anilines is 1. The van der Waals surface area contributed by atoms with Crippen molar-refractivity contribution in [2.24, 2.45) is 0 Å². The van der Waals surface area contributed by atoms with Gasteiger partial charge in [-0.05, 0) is 6.07 Å². The zero-order valence-corrected chi connectivity index (χ0v) is 27.7. The van der Waals surface area contributed by atoms with E-state index in [2.05, 4.69) is 32.8 Å². The van der Waals surface area contributed by atoms with Gasteiger partial charge in [-0.3, -0.25) is 18.2 Å². The van der Waals surface area contributed by atoms with Gasteiger partial charge in [0.1, 0.15) is 53.5 Å². The number of carboxylic acids is 2. The van der Waals surface area contributed by atoms with Crippen LogP contribution in [-0.4, -0.2) is 122 Å². The largest absolute Gasteiger partial charge is 0.756 e. The number of imidazole rings is 1. The van der Waals surface area contributed by atoms with Crippen LogP contribution in [0.5, 0.6) is 0 Å². The normalized spacial score (nSPS) is 29.2. The quantitative estimate of drug-likeness (QED) is 0.0572. The van der Waals surface area contributed by atoms with E-state index >= 15 is 0 Å². The molecule has 0 spiro atoms. The zero-order valence-electron chi connectivity index (χ0n) is 25.1. The van der Waals surface area contributed by atoms with Crippen molar-refractivity contribution in [3.05, 3.63) is 42.2 Å². The van der Waals surface area contributed by atoms with Crippen LogP contribution in [0.3, 0.4) is 0 Å². The zero-order chi connectivity index (χ0) is 37.6. The number of pyridine rings is 1. The highest BCUT2D eigenvalue weighted by molar-refractivity contribution is 7.60. The number of hydrogen-bond acceptors (Lipinski definition) is 19. The number of nitrogens with two attached hydrogens (primary N) is 1. The minimum absolute atomic E-state index is 0.0312. The Bertz CT molecular complexity index is 1930. The van der Waals surface area contributed by atoms with Crippen molar-refractivity contribution in [1.82, 2.24) is 19.5 Å². The summed E-state index contributed by atoms with van der Waals surface area (Å²) in [6, 6.07) is 0.805. The standard InChI is InChI=1S/C22H27N6O20P3/c23-17-12-18(25-6-24-17)28(7-26-12)20-16(47-49(36,37)38)14(30)11(46-20)5-44-51(41,42)48-50(39,40)43-4-10-13(29)15(31)19(45-10)27-2-8(21(32)33)1-9(3-27)22(34)35/h1-3,6-7,10-11,13-16,19-20,29-31H,4-5H2,(H7-,23,24,25,32,33,34,35,36,37,38,39,40,41,42)/t10-,11-,13-,14-,15-,16-,19-,20-/m1/s1. The highest BCUT2D eigenvalue weighted by Gasteiger charge is 2.51. The van der Waals surface area contributed by atoms with Gasteiger partial charge in [0.05, 0.1) is 19.5 Å². The first-order valence-corrected chi connectivity index (χ1v) is 18.3. The van der Waals surface area contributed by atoms with Crippen molar-refractivity contribution in [2.75, 3.05) is 18.9 Å². The third kappa shape index (κ3) is 8.81. The number of rotatable bonds is 14. The summed E-state index contributed by atoms with van der Waals surface area (Å²) < 4.78 is 67.3. The van der Waals surface area contributed by atoms with Crippen LogP contribution in [0.1, 0.15) is 33.2 Å². The molecule has 10 N–H and O–H groups in total. The summed E-state index contributed by atoms with van der Waals surface area (Å²) in [7, 11) is -16.8. The molecule has 0 bridgehead atoms. The Balaban J connectivity index is 1.22. The number of hydrogen-bond donors (Lipinski definition) is 9. The van der Waals surface area contributed by atoms with Crippen molar-refractivity contribution in [2.45, 2.75) is 49.1 Å². The maximum Gasteiger partial charge on any atom is 0.478 e. The fourth-order valence-electron chi connectivity index (χ4n) is 5.01. The van der Waals surface area contributed by atoms with Gasteiger partial charge in [0.2, 0.25) is 0 Å². The number of carboxylic acid groups (broad SMARTS) is 2. The Morgan fingerprint density at radius 1 is 0.922 bits per heavy atom. The van der Waals surface area contributed by atoms with Crippen molar-refractivity contribution in [1.29, 1.82) is 0 Å². The van der Waals surface area contributed by atoms with E-state index in [0.717, 1.165) is 40.2 Å². The van der Waals surface area contributed by atoms with Crippen molar-refractivity contribution in [3.8, 4) is 0 Å². The predicted octanol–water partition coefficient (Wildman–Crippen LogP) is -3.23. The highest BCUT2D eigenvalue weighted by Crippen LogP contribution is 2.58. The summed E-state index contributed by atoms with van der Waals surface area (Å²) in [5, 5.41) is 50.1. The van der Waals surface area contributed by atoms with Gasteiger partial charge in [-0.1, -0.05) is 0 Å². The molecule has 3 aromatic heterocycles. The minimum atomic E-state index is -5.84. The SMILES string of the molecule is Nc1ncnc2c1ncn2[C@@H]1O[C@H](COP(=O)(O)OP(=O)([O-])OC[C@H]2O[C@@H]([n+]3cc(C(=O)O)cc(C(=O)O)c3)[C@H](O)[C@@H]2O)[C@@H](O)[C@H]1OP(=O)(O)O. The monoisotopic (exact) mass is 788 g/mol. The average Bonchev–Trinajstić information content (AvgIpc) is 3.68. The number of aliphatic hydroxyl groups is 3. The number of aliphatic hydroxyl groups excluding tert-OH is 3. The Hall–Kier alpha value is -3.39. The van der Waals surface area contributed by atoms with Gasteiger partial charge in [-0.25, -0.2) is 38.0 Å². The third-order valence-electron chi connectivity index (χ3n) is 7.25. The molecule has 280 valence electrons. The fraction of sp³-hybridized carbons (Fsp3) is 0.455. The van der Waals surface area contributed by atoms with Gasteiger partial charge in [0.25, 0.3) is 14.1 Å². The van der Waals surface area contributed by atoms with E-state index in [-0.39, 0.29) is 17.0 Å². The van der Waals surface area contributed by atoms with Crippen LogP contribution in [0.15, 0.2) is 31.1 Å². The van der Waals surface area contributed by atoms with E-state index in [4.69, 9.17) is 15.2 Å². The number of phosphoric ester groups is 3. The number of nitrogens with zero attached hydrogens (tertiary/aromatic N) is 5. The van der Waals surface area contributed by atoms with Crippen LogP contribution in [-0.2, 0) is 41.1 Å². The number of carbonyl (C=O) groups is 2. The molecule has 5 heterocycles. The van der Waals surface area contributed by atoms with E-state index < -0.39 is 109 Å². The van der Waals surface area contributed by atoms with Crippen LogP contribution in [0.25, 0.3) is 11.2 Å².